The molecule has 0 radical (unpaired) electrons. The predicted molar refractivity (Wildman–Crippen MR) is 116 cm³/mol. The minimum absolute atomic E-state index is 0.141. The Kier molecular flexibility index (Phi) is 6.05. The van der Waals surface area contributed by atoms with Crippen LogP contribution in [-0.4, -0.2) is 61.7 Å². The summed E-state index contributed by atoms with van der Waals surface area (Å²) in [5, 5.41) is 20.4. The molecule has 160 valence electrons. The molecule has 1 aliphatic heterocycles. The van der Waals surface area contributed by atoms with Gasteiger partial charge in [-0.2, -0.15) is 0 Å². The van der Waals surface area contributed by atoms with E-state index in [0.717, 1.165) is 11.8 Å². The summed E-state index contributed by atoms with van der Waals surface area (Å²) in [7, 11) is 1.75. The molecule has 0 saturated carbocycles. The summed E-state index contributed by atoms with van der Waals surface area (Å²) in [6.07, 6.45) is 3.20. The second-order valence-electron chi connectivity index (χ2n) is 6.85. The lowest BCUT2D eigenvalue weighted by Crippen LogP contribution is -2.49. The number of hydrogen-bond donors (Lipinski definition) is 0. The van der Waals surface area contributed by atoms with E-state index in [2.05, 4.69) is 15.2 Å². The molecule has 0 atom stereocenters. The topological polar surface area (TPSA) is 110 Å². The Morgan fingerprint density at radius 1 is 1.23 bits per heavy atom. The quantitative estimate of drug-likeness (QED) is 0.423. The first kappa shape index (κ1) is 21.1. The van der Waals surface area contributed by atoms with Crippen LogP contribution in [0.2, 0.25) is 5.02 Å². The van der Waals surface area contributed by atoms with Gasteiger partial charge in [0.25, 0.3) is 11.6 Å². The van der Waals surface area contributed by atoms with Crippen molar-refractivity contribution in [1.82, 2.24) is 24.6 Å². The monoisotopic (exact) mass is 459 g/mol. The Hall–Kier alpha value is -3.18. The number of amides is 1. The van der Waals surface area contributed by atoms with Gasteiger partial charge in [-0.3, -0.25) is 14.9 Å². The molecule has 4 rings (SSSR count). The highest BCUT2D eigenvalue weighted by Gasteiger charge is 2.26. The number of benzene rings is 1. The molecule has 1 saturated heterocycles. The molecule has 0 N–H and O–H groups in total. The summed E-state index contributed by atoms with van der Waals surface area (Å²) in [5.41, 5.74) is 0.135. The fraction of sp³-hybridized carbons (Fsp3) is 0.263. The Morgan fingerprint density at radius 3 is 2.65 bits per heavy atom. The Bertz CT molecular complexity index is 1130. The molecule has 1 aromatic carbocycles. The number of nitro benzene ring substituents is 1. The standard InChI is InChI=1S/C19H18ClN7O3S/c1-24-12-22-23-19(24)31-16-5-4-13(11-15(16)27(29)30)18(28)26-9-7-25(8-10-26)17-14(20)3-2-6-21-17/h2-6,11-12H,7-10H2,1H3. The summed E-state index contributed by atoms with van der Waals surface area (Å²) in [6.45, 7) is 2.08. The fourth-order valence-electron chi connectivity index (χ4n) is 3.26. The Morgan fingerprint density at radius 2 is 2.00 bits per heavy atom. The number of pyridine rings is 1. The second kappa shape index (κ2) is 8.90. The van der Waals surface area contributed by atoms with Gasteiger partial charge < -0.3 is 14.4 Å². The van der Waals surface area contributed by atoms with Crippen molar-refractivity contribution < 1.29 is 9.72 Å². The van der Waals surface area contributed by atoms with E-state index < -0.39 is 4.92 Å². The van der Waals surface area contributed by atoms with Crippen molar-refractivity contribution in [3.05, 3.63) is 63.6 Å². The van der Waals surface area contributed by atoms with Crippen molar-refractivity contribution in [2.24, 2.45) is 7.05 Å². The Labute approximate surface area is 187 Å². The Balaban J connectivity index is 1.49. The van der Waals surface area contributed by atoms with Crippen LogP contribution >= 0.6 is 23.4 Å². The largest absolute Gasteiger partial charge is 0.352 e. The maximum absolute atomic E-state index is 13.0. The van der Waals surface area contributed by atoms with Crippen molar-refractivity contribution in [2.75, 3.05) is 31.1 Å². The van der Waals surface area contributed by atoms with Crippen molar-refractivity contribution in [1.29, 1.82) is 0 Å². The van der Waals surface area contributed by atoms with Crippen LogP contribution in [0.15, 0.2) is 52.9 Å². The van der Waals surface area contributed by atoms with Crippen molar-refractivity contribution >= 4 is 40.8 Å². The number of anilines is 1. The third kappa shape index (κ3) is 4.47. The molecule has 0 spiro atoms. The lowest BCUT2D eigenvalue weighted by Gasteiger charge is -2.35. The third-order valence-corrected chi connectivity index (χ3v) is 6.29. The van der Waals surface area contributed by atoms with Crippen LogP contribution in [0.5, 0.6) is 0 Å². The molecule has 1 fully saturated rings. The summed E-state index contributed by atoms with van der Waals surface area (Å²) in [6, 6.07) is 8.06. The third-order valence-electron chi connectivity index (χ3n) is 4.88. The molecule has 0 aliphatic carbocycles. The molecule has 31 heavy (non-hydrogen) atoms. The van der Waals surface area contributed by atoms with E-state index in [1.165, 1.54) is 12.4 Å². The molecule has 2 aromatic heterocycles. The van der Waals surface area contributed by atoms with Gasteiger partial charge in [0.15, 0.2) is 5.16 Å². The molecule has 3 aromatic rings. The molecule has 0 unspecified atom stereocenters. The van der Waals surface area contributed by atoms with E-state index in [0.29, 0.717) is 47.1 Å². The number of carbonyl (C=O) groups is 1. The van der Waals surface area contributed by atoms with E-state index in [9.17, 15) is 14.9 Å². The number of carbonyl (C=O) groups excluding carboxylic acids is 1. The zero-order chi connectivity index (χ0) is 22.0. The van der Waals surface area contributed by atoms with Gasteiger partial charge in [-0.25, -0.2) is 4.98 Å². The SMILES string of the molecule is Cn1cnnc1Sc1ccc(C(=O)N2CCN(c3ncccc3Cl)CC2)cc1[N+](=O)[O-]. The number of rotatable bonds is 5. The number of piperazine rings is 1. The number of nitrogens with zero attached hydrogens (tertiary/aromatic N) is 7. The minimum Gasteiger partial charge on any atom is -0.352 e. The first-order chi connectivity index (χ1) is 14.9. The van der Waals surface area contributed by atoms with Crippen LogP contribution in [0, 0.1) is 10.1 Å². The summed E-state index contributed by atoms with van der Waals surface area (Å²) in [4.78, 5) is 32.5. The van der Waals surface area contributed by atoms with E-state index in [1.807, 2.05) is 4.90 Å². The molecule has 1 aliphatic rings. The van der Waals surface area contributed by atoms with Crippen LogP contribution in [0.3, 0.4) is 0 Å². The van der Waals surface area contributed by atoms with Crippen LogP contribution < -0.4 is 4.90 Å². The number of hydrogen-bond acceptors (Lipinski definition) is 8. The summed E-state index contributed by atoms with van der Waals surface area (Å²) >= 11 is 7.34. The number of halogens is 1. The van der Waals surface area contributed by atoms with Gasteiger partial charge in [0.05, 0.1) is 14.8 Å². The second-order valence-corrected chi connectivity index (χ2v) is 8.27. The molecular formula is C19H18ClN7O3S. The molecule has 1 amide bonds. The van der Waals surface area contributed by atoms with Gasteiger partial charge in [-0.15, -0.1) is 10.2 Å². The van der Waals surface area contributed by atoms with E-state index in [4.69, 9.17) is 11.6 Å². The van der Waals surface area contributed by atoms with Crippen LogP contribution in [-0.2, 0) is 7.05 Å². The zero-order valence-corrected chi connectivity index (χ0v) is 18.1. The lowest BCUT2D eigenvalue weighted by atomic mass is 10.1. The van der Waals surface area contributed by atoms with E-state index in [-0.39, 0.29) is 17.2 Å². The zero-order valence-electron chi connectivity index (χ0n) is 16.5. The summed E-state index contributed by atoms with van der Waals surface area (Å²) in [5.74, 6) is 0.446. The van der Waals surface area contributed by atoms with Crippen molar-refractivity contribution in [3.8, 4) is 0 Å². The average Bonchev–Trinajstić information content (AvgIpc) is 3.18. The smallest absolute Gasteiger partial charge is 0.284 e. The first-order valence-electron chi connectivity index (χ1n) is 9.39. The maximum atomic E-state index is 13.0. The highest BCUT2D eigenvalue weighted by molar-refractivity contribution is 7.99. The molecule has 10 nitrogen and oxygen atoms in total. The van der Waals surface area contributed by atoms with Gasteiger partial charge in [0.1, 0.15) is 12.1 Å². The molecular weight excluding hydrogens is 442 g/mol. The number of aromatic nitrogens is 4. The van der Waals surface area contributed by atoms with Crippen LogP contribution in [0.25, 0.3) is 0 Å². The predicted octanol–water partition coefficient (Wildman–Crippen LogP) is 2.89. The van der Waals surface area contributed by atoms with Gasteiger partial charge in [0, 0.05) is 51.1 Å². The molecule has 0 bridgehead atoms. The highest BCUT2D eigenvalue weighted by atomic mass is 35.5. The van der Waals surface area contributed by atoms with Crippen molar-refractivity contribution in [2.45, 2.75) is 10.1 Å². The number of aryl methyl sites for hydroxylation is 1. The average molecular weight is 460 g/mol. The van der Waals surface area contributed by atoms with Crippen LogP contribution in [0.4, 0.5) is 11.5 Å². The van der Waals surface area contributed by atoms with E-state index >= 15 is 0 Å². The number of nitro groups is 1. The minimum atomic E-state index is -0.490. The van der Waals surface area contributed by atoms with Gasteiger partial charge in [-0.05, 0) is 36.0 Å². The van der Waals surface area contributed by atoms with E-state index in [1.54, 1.807) is 47.0 Å². The normalized spacial score (nSPS) is 14.0. The molecule has 12 heteroatoms. The first-order valence-corrected chi connectivity index (χ1v) is 10.6. The van der Waals surface area contributed by atoms with Gasteiger partial charge in [0.2, 0.25) is 0 Å². The lowest BCUT2D eigenvalue weighted by molar-refractivity contribution is -0.387. The van der Waals surface area contributed by atoms with Crippen LogP contribution in [0.1, 0.15) is 10.4 Å². The molecule has 3 heterocycles. The summed E-state index contributed by atoms with van der Waals surface area (Å²) < 4.78 is 1.67. The fourth-order valence-corrected chi connectivity index (χ4v) is 4.35. The van der Waals surface area contributed by atoms with Gasteiger partial charge >= 0.3 is 0 Å². The van der Waals surface area contributed by atoms with Gasteiger partial charge in [-0.1, -0.05) is 11.6 Å². The maximum Gasteiger partial charge on any atom is 0.284 e. The highest BCUT2D eigenvalue weighted by Crippen LogP contribution is 2.34. The van der Waals surface area contributed by atoms with Crippen molar-refractivity contribution in [3.63, 3.8) is 0 Å².